The highest BCUT2D eigenvalue weighted by Gasteiger charge is 2.30. The van der Waals surface area contributed by atoms with Crippen molar-refractivity contribution in [3.05, 3.63) is 23.8 Å². The van der Waals surface area contributed by atoms with Crippen molar-refractivity contribution in [3.8, 4) is 0 Å². The summed E-state index contributed by atoms with van der Waals surface area (Å²) in [5, 5.41) is 5.91. The van der Waals surface area contributed by atoms with Gasteiger partial charge in [-0.05, 0) is 55.4 Å². The van der Waals surface area contributed by atoms with Crippen LogP contribution in [0.5, 0.6) is 0 Å². The third kappa shape index (κ3) is 6.53. The summed E-state index contributed by atoms with van der Waals surface area (Å²) in [4.78, 5) is 24.8. The van der Waals surface area contributed by atoms with Crippen molar-refractivity contribution in [1.82, 2.24) is 10.0 Å². The van der Waals surface area contributed by atoms with Gasteiger partial charge in [-0.3, -0.25) is 9.59 Å². The van der Waals surface area contributed by atoms with Gasteiger partial charge in [-0.25, -0.2) is 8.42 Å². The van der Waals surface area contributed by atoms with E-state index in [2.05, 4.69) is 15.4 Å². The van der Waals surface area contributed by atoms with Crippen molar-refractivity contribution in [3.63, 3.8) is 0 Å². The molecular formula is C23H35N3O4S. The minimum absolute atomic E-state index is 0.0572. The second-order valence-corrected chi connectivity index (χ2v) is 10.8. The number of carbonyl (C=O) groups is 2. The lowest BCUT2D eigenvalue weighted by molar-refractivity contribution is -0.124. The molecule has 1 aliphatic carbocycles. The summed E-state index contributed by atoms with van der Waals surface area (Å²) in [5.41, 5.74) is 1.46. The molecule has 1 aromatic carbocycles. The fourth-order valence-corrected chi connectivity index (χ4v) is 5.73. The van der Waals surface area contributed by atoms with Gasteiger partial charge in [0.05, 0.1) is 4.90 Å². The molecule has 1 atom stereocenters. The van der Waals surface area contributed by atoms with Crippen LogP contribution < -0.4 is 15.4 Å². The van der Waals surface area contributed by atoms with Gasteiger partial charge in [0.25, 0.3) is 0 Å². The molecule has 0 unspecified atom stereocenters. The van der Waals surface area contributed by atoms with Gasteiger partial charge in [0.2, 0.25) is 21.8 Å². The van der Waals surface area contributed by atoms with E-state index in [1.807, 2.05) is 13.8 Å². The van der Waals surface area contributed by atoms with Crippen LogP contribution in [0.3, 0.4) is 0 Å². The molecule has 0 radical (unpaired) electrons. The number of hydrogen-bond acceptors (Lipinski definition) is 4. The Morgan fingerprint density at radius 1 is 1.03 bits per heavy atom. The van der Waals surface area contributed by atoms with E-state index in [0.29, 0.717) is 24.9 Å². The van der Waals surface area contributed by atoms with Crippen LogP contribution in [0, 0.1) is 5.92 Å². The fourth-order valence-electron chi connectivity index (χ4n) is 4.34. The third-order valence-corrected chi connectivity index (χ3v) is 7.63. The molecular weight excluding hydrogens is 414 g/mol. The molecule has 1 aliphatic heterocycles. The Labute approximate surface area is 185 Å². The van der Waals surface area contributed by atoms with Crippen LogP contribution in [0.25, 0.3) is 0 Å². The van der Waals surface area contributed by atoms with E-state index in [1.54, 1.807) is 12.1 Å². The van der Waals surface area contributed by atoms with Crippen LogP contribution in [-0.2, 0) is 26.0 Å². The second kappa shape index (κ2) is 10.6. The number of hydrogen-bond donors (Lipinski definition) is 3. The van der Waals surface area contributed by atoms with Crippen molar-refractivity contribution in [2.45, 2.75) is 95.0 Å². The molecule has 0 bridgehead atoms. The fraction of sp³-hybridized carbons (Fsp3) is 0.652. The van der Waals surface area contributed by atoms with Gasteiger partial charge in [-0.1, -0.05) is 46.0 Å². The van der Waals surface area contributed by atoms with Gasteiger partial charge in [0.15, 0.2) is 0 Å². The molecule has 31 heavy (non-hydrogen) atoms. The molecule has 8 heteroatoms. The Kier molecular flexibility index (Phi) is 8.11. The van der Waals surface area contributed by atoms with Crippen LogP contribution >= 0.6 is 0 Å². The summed E-state index contributed by atoms with van der Waals surface area (Å²) in [6.07, 6.45) is 9.42. The Balaban J connectivity index is 1.73. The Bertz CT molecular complexity index is 890. The summed E-state index contributed by atoms with van der Waals surface area (Å²) < 4.78 is 28.8. The zero-order chi connectivity index (χ0) is 22.4. The van der Waals surface area contributed by atoms with Crippen molar-refractivity contribution >= 4 is 27.5 Å². The predicted octanol–water partition coefficient (Wildman–Crippen LogP) is 3.49. The number of nitrogens with one attached hydrogen (secondary N) is 3. The van der Waals surface area contributed by atoms with E-state index >= 15 is 0 Å². The normalized spacial score (nSPS) is 19.5. The van der Waals surface area contributed by atoms with Crippen molar-refractivity contribution < 1.29 is 18.0 Å². The highest BCUT2D eigenvalue weighted by atomic mass is 32.2. The summed E-state index contributed by atoms with van der Waals surface area (Å²) >= 11 is 0. The predicted molar refractivity (Wildman–Crippen MR) is 121 cm³/mol. The number of amides is 2. The van der Waals surface area contributed by atoms with Crippen molar-refractivity contribution in [2.24, 2.45) is 5.92 Å². The zero-order valence-electron chi connectivity index (χ0n) is 18.6. The summed E-state index contributed by atoms with van der Waals surface area (Å²) in [7, 11) is -3.89. The monoisotopic (exact) mass is 449 g/mol. The van der Waals surface area contributed by atoms with Crippen LogP contribution in [0.4, 0.5) is 5.69 Å². The number of fused-ring (bicyclic) bond motifs is 1. The minimum atomic E-state index is -3.89. The molecule has 1 saturated carbocycles. The van der Waals surface area contributed by atoms with E-state index in [-0.39, 0.29) is 28.7 Å². The first kappa shape index (κ1) is 23.7. The van der Waals surface area contributed by atoms with Crippen molar-refractivity contribution in [2.75, 3.05) is 5.32 Å². The lowest BCUT2D eigenvalue weighted by Crippen LogP contribution is -2.52. The average molecular weight is 450 g/mol. The zero-order valence-corrected chi connectivity index (χ0v) is 19.4. The van der Waals surface area contributed by atoms with Gasteiger partial charge < -0.3 is 10.6 Å². The first-order chi connectivity index (χ1) is 14.8. The number of sulfonamides is 1. The average Bonchev–Trinajstić information content (AvgIpc) is 2.87. The van der Waals surface area contributed by atoms with Crippen molar-refractivity contribution in [1.29, 1.82) is 0 Å². The van der Waals surface area contributed by atoms with Gasteiger partial charge >= 0.3 is 0 Å². The first-order valence-corrected chi connectivity index (χ1v) is 13.0. The van der Waals surface area contributed by atoms with Crippen LogP contribution in [0.2, 0.25) is 0 Å². The molecule has 0 saturated heterocycles. The quantitative estimate of drug-likeness (QED) is 0.618. The van der Waals surface area contributed by atoms with Gasteiger partial charge in [-0.2, -0.15) is 4.72 Å². The number of carbonyl (C=O) groups excluding carboxylic acids is 2. The molecule has 3 N–H and O–H groups in total. The largest absolute Gasteiger partial charge is 0.352 e. The summed E-state index contributed by atoms with van der Waals surface area (Å²) in [6, 6.07) is 3.99. The molecule has 1 heterocycles. The second-order valence-electron chi connectivity index (χ2n) is 9.11. The molecule has 7 nitrogen and oxygen atoms in total. The maximum Gasteiger partial charge on any atom is 0.241 e. The maximum absolute atomic E-state index is 13.1. The molecule has 172 valence electrons. The molecule has 3 rings (SSSR count). The molecule has 1 fully saturated rings. The van der Waals surface area contributed by atoms with E-state index in [9.17, 15) is 18.0 Å². The number of rotatable bonds is 6. The summed E-state index contributed by atoms with van der Waals surface area (Å²) in [6.45, 7) is 3.69. The molecule has 0 spiro atoms. The lowest BCUT2D eigenvalue weighted by atomic mass is 9.96. The number of aryl methyl sites for hydroxylation is 1. The standard InChI is InChI=1S/C23H35N3O4S/c1-16(2)22(23(28)24-18-10-6-4-3-5-7-11-18)26-31(29,30)19-13-14-20-17(15-19)9-8-12-21(27)25-20/h13-16,18,22,26H,3-12H2,1-2H3,(H,24,28)(H,25,27)/t22-/m0/s1. The lowest BCUT2D eigenvalue weighted by Gasteiger charge is -2.26. The number of benzene rings is 1. The highest BCUT2D eigenvalue weighted by Crippen LogP contribution is 2.25. The van der Waals surface area contributed by atoms with Crippen LogP contribution in [0.15, 0.2) is 23.1 Å². The highest BCUT2D eigenvalue weighted by molar-refractivity contribution is 7.89. The SMILES string of the molecule is CC(C)[C@H](NS(=O)(=O)c1ccc2c(c1)CCCC(=O)N2)C(=O)NC1CCCCCCC1. The van der Waals surface area contributed by atoms with E-state index in [0.717, 1.165) is 31.2 Å². The van der Waals surface area contributed by atoms with Crippen LogP contribution in [0.1, 0.15) is 77.2 Å². The topological polar surface area (TPSA) is 104 Å². The Morgan fingerprint density at radius 3 is 2.39 bits per heavy atom. The Hall–Kier alpha value is -1.93. The minimum Gasteiger partial charge on any atom is -0.352 e. The van der Waals surface area contributed by atoms with Crippen LogP contribution in [-0.4, -0.2) is 32.3 Å². The molecule has 0 aromatic heterocycles. The smallest absolute Gasteiger partial charge is 0.241 e. The van der Waals surface area contributed by atoms with E-state index in [4.69, 9.17) is 0 Å². The van der Waals surface area contributed by atoms with E-state index < -0.39 is 16.1 Å². The number of anilines is 1. The molecule has 1 aromatic rings. The summed E-state index contributed by atoms with van der Waals surface area (Å²) in [5.74, 6) is -0.507. The molecule has 2 aliphatic rings. The maximum atomic E-state index is 13.1. The Morgan fingerprint density at radius 2 is 1.71 bits per heavy atom. The van der Waals surface area contributed by atoms with Gasteiger partial charge in [0, 0.05) is 18.2 Å². The van der Waals surface area contributed by atoms with Gasteiger partial charge in [0.1, 0.15) is 6.04 Å². The molecule has 2 amide bonds. The van der Waals surface area contributed by atoms with E-state index in [1.165, 1.54) is 25.3 Å². The van der Waals surface area contributed by atoms with Gasteiger partial charge in [-0.15, -0.1) is 0 Å². The third-order valence-electron chi connectivity index (χ3n) is 6.19. The first-order valence-electron chi connectivity index (χ1n) is 11.5.